The van der Waals surface area contributed by atoms with E-state index in [9.17, 15) is 0 Å². The van der Waals surface area contributed by atoms with E-state index in [1.54, 1.807) is 0 Å². The minimum absolute atomic E-state index is 0. The van der Waals surface area contributed by atoms with E-state index >= 15 is 0 Å². The number of aliphatic hydroxyl groups excluding tert-OH is 5. The van der Waals surface area contributed by atoms with E-state index in [1.807, 2.05) is 0 Å². The van der Waals surface area contributed by atoms with Gasteiger partial charge in [-0.2, -0.15) is 0 Å². The van der Waals surface area contributed by atoms with Gasteiger partial charge in [-0.3, -0.25) is 0 Å². The molecule has 0 aromatic carbocycles. The first-order valence-corrected chi connectivity index (χ1v) is 3.56. The normalized spacial score (nSPS) is 42.2. The van der Waals surface area contributed by atoms with Crippen molar-refractivity contribution in [1.82, 2.24) is 0 Å². The molecule has 0 spiro atoms. The summed E-state index contributed by atoms with van der Waals surface area (Å²) in [6, 6.07) is 0. The topological polar surface area (TPSA) is 110 Å². The molecule has 0 radical (unpaired) electrons. The summed E-state index contributed by atoms with van der Waals surface area (Å²) in [5.74, 6) is 0. The van der Waals surface area contributed by atoms with Crippen LogP contribution in [0.25, 0.3) is 0 Å². The number of rotatable bonds is 1. The van der Waals surface area contributed by atoms with Crippen LogP contribution in [0.4, 0.5) is 0 Å². The SMILES string of the molecule is OC[C@H]1OC(O)[C@H](O)[C@@H](O)[C@@H]1O.[H-].[H-].[Na+].[Na+]. The summed E-state index contributed by atoms with van der Waals surface area (Å²) in [6.45, 7) is -0.526. The standard InChI is InChI=1S/C6H12O6.2Na.2H/c7-1-2-3(8)4(9)5(10)6(11)12-2;;;;/h2-11H,1H2;;;;/q;2*+1;2*-1/t2-,3-,4+,5-,6?;;;;/m1..../s1. The zero-order chi connectivity index (χ0) is 9.30. The second-order valence-electron chi connectivity index (χ2n) is 2.72. The smallest absolute Gasteiger partial charge is 1.00 e. The molecule has 1 fully saturated rings. The number of hydrogen-bond donors (Lipinski definition) is 5. The third-order valence-electron chi connectivity index (χ3n) is 1.87. The molecular weight excluding hydrogens is 214 g/mol. The van der Waals surface area contributed by atoms with Gasteiger partial charge < -0.3 is 33.1 Å². The van der Waals surface area contributed by atoms with Gasteiger partial charge in [0.25, 0.3) is 0 Å². The Morgan fingerprint density at radius 3 is 1.86 bits per heavy atom. The molecule has 0 bridgehead atoms. The molecule has 0 amide bonds. The van der Waals surface area contributed by atoms with Crippen molar-refractivity contribution in [3.8, 4) is 0 Å². The molecule has 1 unspecified atom stereocenters. The van der Waals surface area contributed by atoms with Crippen LogP contribution in [0.3, 0.4) is 0 Å². The molecule has 0 saturated carbocycles. The number of hydrogen-bond acceptors (Lipinski definition) is 6. The van der Waals surface area contributed by atoms with Gasteiger partial charge in [-0.1, -0.05) is 0 Å². The van der Waals surface area contributed by atoms with E-state index in [-0.39, 0.29) is 62.0 Å². The van der Waals surface area contributed by atoms with E-state index < -0.39 is 37.3 Å². The van der Waals surface area contributed by atoms with Crippen LogP contribution in [0.1, 0.15) is 2.85 Å². The molecule has 76 valence electrons. The Bertz CT molecular complexity index is 163. The van der Waals surface area contributed by atoms with Crippen molar-refractivity contribution in [3.05, 3.63) is 0 Å². The summed E-state index contributed by atoms with van der Waals surface area (Å²) in [4.78, 5) is 0. The molecule has 1 aliphatic heterocycles. The summed E-state index contributed by atoms with van der Waals surface area (Å²) in [6.07, 6.45) is -7.04. The van der Waals surface area contributed by atoms with Crippen LogP contribution in [0.5, 0.6) is 0 Å². The maximum atomic E-state index is 9.12. The average Bonchev–Trinajstić information content (AvgIpc) is 2.08. The first kappa shape index (κ1) is 18.1. The van der Waals surface area contributed by atoms with Crippen LogP contribution >= 0.6 is 0 Å². The van der Waals surface area contributed by atoms with Gasteiger partial charge in [0.15, 0.2) is 6.29 Å². The molecule has 0 aromatic rings. The monoisotopic (exact) mass is 228 g/mol. The Labute approximate surface area is 128 Å². The van der Waals surface area contributed by atoms with Gasteiger partial charge in [0.2, 0.25) is 0 Å². The predicted molar refractivity (Wildman–Crippen MR) is 38.2 cm³/mol. The van der Waals surface area contributed by atoms with Gasteiger partial charge >= 0.3 is 59.1 Å². The molecule has 1 heterocycles. The van der Waals surface area contributed by atoms with Crippen LogP contribution in [-0.2, 0) is 4.74 Å². The van der Waals surface area contributed by atoms with Crippen molar-refractivity contribution in [1.29, 1.82) is 0 Å². The van der Waals surface area contributed by atoms with Gasteiger partial charge in [-0.05, 0) is 0 Å². The van der Waals surface area contributed by atoms with Gasteiger partial charge in [0.1, 0.15) is 24.4 Å². The fourth-order valence-corrected chi connectivity index (χ4v) is 1.08. The van der Waals surface area contributed by atoms with Crippen LogP contribution in [0, 0.1) is 0 Å². The maximum absolute atomic E-state index is 9.12. The third kappa shape index (κ3) is 3.97. The molecular formula is C6H14Na2O6. The molecule has 5 N–H and O–H groups in total. The summed E-state index contributed by atoms with van der Waals surface area (Å²) >= 11 is 0. The van der Waals surface area contributed by atoms with Crippen molar-refractivity contribution in [3.63, 3.8) is 0 Å². The second kappa shape index (κ2) is 7.94. The zero-order valence-corrected chi connectivity index (χ0v) is 12.2. The summed E-state index contributed by atoms with van der Waals surface area (Å²) in [7, 11) is 0. The number of aliphatic hydroxyl groups is 5. The Hall–Kier alpha value is 1.76. The minimum Gasteiger partial charge on any atom is -1.00 e. The fraction of sp³-hybridized carbons (Fsp3) is 1.00. The molecule has 8 heteroatoms. The molecule has 1 saturated heterocycles. The Morgan fingerprint density at radius 2 is 1.43 bits per heavy atom. The predicted octanol–water partition coefficient (Wildman–Crippen LogP) is -8.99. The van der Waals surface area contributed by atoms with Crippen molar-refractivity contribution < 1.29 is 92.2 Å². The van der Waals surface area contributed by atoms with Gasteiger partial charge in [-0.15, -0.1) is 0 Å². The number of ether oxygens (including phenoxy) is 1. The van der Waals surface area contributed by atoms with Gasteiger partial charge in [0.05, 0.1) is 6.61 Å². The van der Waals surface area contributed by atoms with Gasteiger partial charge in [-0.25, -0.2) is 0 Å². The summed E-state index contributed by atoms with van der Waals surface area (Å²) < 4.78 is 4.58. The molecule has 14 heavy (non-hydrogen) atoms. The fourth-order valence-electron chi connectivity index (χ4n) is 1.08. The van der Waals surface area contributed by atoms with Crippen LogP contribution < -0.4 is 59.1 Å². The van der Waals surface area contributed by atoms with Crippen molar-refractivity contribution in [2.45, 2.75) is 30.7 Å². The maximum Gasteiger partial charge on any atom is 1.00 e. The quantitative estimate of drug-likeness (QED) is 0.285. The first-order chi connectivity index (χ1) is 5.57. The Balaban J connectivity index is -0.000000180. The summed E-state index contributed by atoms with van der Waals surface area (Å²) in [5, 5.41) is 44.7. The molecule has 0 aromatic heterocycles. The molecule has 5 atom stereocenters. The van der Waals surface area contributed by atoms with Crippen molar-refractivity contribution >= 4 is 0 Å². The van der Waals surface area contributed by atoms with Crippen molar-refractivity contribution in [2.75, 3.05) is 6.61 Å². The van der Waals surface area contributed by atoms with E-state index in [1.165, 1.54) is 0 Å². The minimum atomic E-state index is -1.57. The average molecular weight is 228 g/mol. The Kier molecular flexibility index (Phi) is 10.3. The van der Waals surface area contributed by atoms with E-state index in [0.29, 0.717) is 0 Å². The van der Waals surface area contributed by atoms with Crippen LogP contribution in [0.15, 0.2) is 0 Å². The zero-order valence-electron chi connectivity index (χ0n) is 10.2. The first-order valence-electron chi connectivity index (χ1n) is 3.56. The van der Waals surface area contributed by atoms with E-state index in [4.69, 9.17) is 25.5 Å². The van der Waals surface area contributed by atoms with E-state index in [0.717, 1.165) is 0 Å². The van der Waals surface area contributed by atoms with Crippen molar-refractivity contribution in [2.24, 2.45) is 0 Å². The second-order valence-corrected chi connectivity index (χ2v) is 2.72. The Morgan fingerprint density at radius 1 is 0.929 bits per heavy atom. The molecule has 0 aliphatic carbocycles. The van der Waals surface area contributed by atoms with Crippen LogP contribution in [-0.4, -0.2) is 62.8 Å². The molecule has 1 rings (SSSR count). The summed E-state index contributed by atoms with van der Waals surface area (Å²) in [5.41, 5.74) is 0. The molecule has 1 aliphatic rings. The molecule has 6 nitrogen and oxygen atoms in total. The van der Waals surface area contributed by atoms with Gasteiger partial charge in [0, 0.05) is 0 Å². The largest absolute Gasteiger partial charge is 1.00 e. The van der Waals surface area contributed by atoms with Crippen LogP contribution in [0.2, 0.25) is 0 Å². The van der Waals surface area contributed by atoms with E-state index in [2.05, 4.69) is 4.74 Å². The third-order valence-corrected chi connectivity index (χ3v) is 1.87.